The molecule has 5 N–H and O–H groups in total. The molecule has 0 bridgehead atoms. The number of amides is 1. The molecule has 0 saturated carbocycles. The Labute approximate surface area is 108 Å². The van der Waals surface area contributed by atoms with E-state index in [0.717, 1.165) is 4.46 Å². The van der Waals surface area contributed by atoms with Gasteiger partial charge in [-0.05, 0) is 0 Å². The third-order valence-corrected chi connectivity index (χ3v) is 6.13. The van der Waals surface area contributed by atoms with Gasteiger partial charge in [0.15, 0.2) is 0 Å². The Balaban J connectivity index is 2.58. The van der Waals surface area contributed by atoms with Crippen LogP contribution in [0.2, 0.25) is 0 Å². The van der Waals surface area contributed by atoms with Gasteiger partial charge in [-0.3, -0.25) is 0 Å². The summed E-state index contributed by atoms with van der Waals surface area (Å²) in [5, 5.41) is 8.62. The van der Waals surface area contributed by atoms with E-state index in [4.69, 9.17) is 16.6 Å². The van der Waals surface area contributed by atoms with Crippen LogP contribution in [0.15, 0.2) is 24.3 Å². The van der Waals surface area contributed by atoms with Crippen LogP contribution in [0, 0.1) is 0 Å². The van der Waals surface area contributed by atoms with Crippen LogP contribution < -0.4 is 15.9 Å². The summed E-state index contributed by atoms with van der Waals surface area (Å²) in [6.45, 7) is 0. The number of carbonyl (C=O) groups is 2. The van der Waals surface area contributed by atoms with Crippen LogP contribution in [0.1, 0.15) is 10.4 Å². The van der Waals surface area contributed by atoms with Gasteiger partial charge in [0.1, 0.15) is 0 Å². The predicted molar refractivity (Wildman–Crippen MR) is 68.4 cm³/mol. The van der Waals surface area contributed by atoms with Crippen LogP contribution in [-0.4, -0.2) is 42.6 Å². The molecule has 92 valence electrons. The second-order valence-corrected chi connectivity index (χ2v) is 7.36. The second kappa shape index (κ2) is 6.66. The van der Waals surface area contributed by atoms with Crippen LogP contribution in [0.4, 0.5) is 0 Å². The summed E-state index contributed by atoms with van der Waals surface area (Å²) < 4.78 is 0.857. The van der Waals surface area contributed by atoms with Crippen LogP contribution in [0.5, 0.6) is 0 Å². The fourth-order valence-electron chi connectivity index (χ4n) is 0.985. The molecule has 1 aromatic rings. The number of nitrogens with two attached hydrogens (primary N) is 2. The van der Waals surface area contributed by atoms with Crippen LogP contribution >= 0.6 is 10.2 Å². The fourth-order valence-corrected chi connectivity index (χ4v) is 5.20. The molecular formula is C10H12N2O3SSe. The number of carboxylic acid groups (broad SMARTS) is 1. The number of hydrogen-bond donors (Lipinski definition) is 3. The third kappa shape index (κ3) is 4.39. The van der Waals surface area contributed by atoms with E-state index in [9.17, 15) is 9.59 Å². The SMILES string of the molecule is NC(=O)c1ccccc1[Se]SC[C@H](N)C(=O)O. The molecule has 0 saturated heterocycles. The molecule has 0 aliphatic heterocycles. The first-order valence-electron chi connectivity index (χ1n) is 4.69. The number of benzene rings is 1. The topological polar surface area (TPSA) is 106 Å². The molecule has 7 heteroatoms. The molecule has 0 aliphatic carbocycles. The van der Waals surface area contributed by atoms with Gasteiger partial charge < -0.3 is 0 Å². The minimum absolute atomic E-state index is 0.0707. The maximum atomic E-state index is 11.1. The molecule has 1 aromatic carbocycles. The van der Waals surface area contributed by atoms with E-state index in [-0.39, 0.29) is 13.8 Å². The summed E-state index contributed by atoms with van der Waals surface area (Å²) in [5.41, 5.74) is 11.1. The van der Waals surface area contributed by atoms with Crippen LogP contribution in [0.3, 0.4) is 0 Å². The summed E-state index contributed by atoms with van der Waals surface area (Å²) in [7, 11) is 1.42. The first kappa shape index (κ1) is 14.1. The zero-order chi connectivity index (χ0) is 12.8. The van der Waals surface area contributed by atoms with Crippen molar-refractivity contribution in [2.45, 2.75) is 6.04 Å². The number of carboxylic acids is 1. The van der Waals surface area contributed by atoms with Crippen molar-refractivity contribution in [1.82, 2.24) is 0 Å². The molecule has 17 heavy (non-hydrogen) atoms. The minimum atomic E-state index is -1.02. The van der Waals surface area contributed by atoms with E-state index in [1.807, 2.05) is 12.1 Å². The Morgan fingerprint density at radius 1 is 1.41 bits per heavy atom. The fraction of sp³-hybridized carbons (Fsp3) is 0.200. The van der Waals surface area contributed by atoms with E-state index < -0.39 is 17.9 Å². The van der Waals surface area contributed by atoms with Crippen molar-refractivity contribution in [3.63, 3.8) is 0 Å². The van der Waals surface area contributed by atoms with Crippen molar-refractivity contribution < 1.29 is 14.7 Å². The van der Waals surface area contributed by atoms with Gasteiger partial charge in [-0.1, -0.05) is 0 Å². The quantitative estimate of drug-likeness (QED) is 0.594. The van der Waals surface area contributed by atoms with Crippen molar-refractivity contribution in [3.8, 4) is 0 Å². The van der Waals surface area contributed by atoms with Crippen molar-refractivity contribution in [1.29, 1.82) is 0 Å². The Morgan fingerprint density at radius 3 is 2.65 bits per heavy atom. The van der Waals surface area contributed by atoms with E-state index in [1.165, 1.54) is 10.2 Å². The van der Waals surface area contributed by atoms with Crippen molar-refractivity contribution in [2.75, 3.05) is 5.75 Å². The van der Waals surface area contributed by atoms with Gasteiger partial charge in [-0.15, -0.1) is 0 Å². The first-order valence-corrected chi connectivity index (χ1v) is 8.55. The molecule has 1 rings (SSSR count). The Bertz CT molecular complexity index is 428. The second-order valence-electron chi connectivity index (χ2n) is 3.17. The Morgan fingerprint density at radius 2 is 2.06 bits per heavy atom. The third-order valence-electron chi connectivity index (χ3n) is 1.87. The van der Waals surface area contributed by atoms with Crippen molar-refractivity contribution >= 4 is 40.4 Å². The van der Waals surface area contributed by atoms with Gasteiger partial charge >= 0.3 is 108 Å². The zero-order valence-corrected chi connectivity index (χ0v) is 11.4. The standard InChI is InChI=1S/C10H12N2O3SSe/c11-7(10(14)15)5-16-17-8-4-2-1-3-6(8)9(12)13/h1-4,7H,5,11H2,(H2,12,13)(H,14,15)/t7-/m0/s1. The zero-order valence-electron chi connectivity index (χ0n) is 8.83. The molecule has 1 atom stereocenters. The van der Waals surface area contributed by atoms with Gasteiger partial charge in [0.2, 0.25) is 0 Å². The van der Waals surface area contributed by atoms with E-state index >= 15 is 0 Å². The van der Waals surface area contributed by atoms with Gasteiger partial charge in [0, 0.05) is 0 Å². The monoisotopic (exact) mass is 320 g/mol. The summed E-state index contributed by atoms with van der Waals surface area (Å²) >= 11 is -0.0707. The van der Waals surface area contributed by atoms with E-state index in [0.29, 0.717) is 11.3 Å². The summed E-state index contributed by atoms with van der Waals surface area (Å²) in [6, 6.07) is 6.17. The average molecular weight is 319 g/mol. The summed E-state index contributed by atoms with van der Waals surface area (Å²) in [4.78, 5) is 21.6. The summed E-state index contributed by atoms with van der Waals surface area (Å²) in [6.07, 6.45) is 0. The van der Waals surface area contributed by atoms with E-state index in [1.54, 1.807) is 12.1 Å². The molecular weight excluding hydrogens is 307 g/mol. The Hall–Kier alpha value is -1.01. The van der Waals surface area contributed by atoms with Gasteiger partial charge in [0.05, 0.1) is 0 Å². The number of hydrogen-bond acceptors (Lipinski definition) is 4. The van der Waals surface area contributed by atoms with Gasteiger partial charge in [-0.2, -0.15) is 0 Å². The predicted octanol–water partition coefficient (Wildman–Crippen LogP) is -0.825. The maximum absolute atomic E-state index is 11.1. The molecule has 0 aliphatic rings. The summed E-state index contributed by atoms with van der Waals surface area (Å²) in [5.74, 6) is -1.16. The number of rotatable bonds is 6. The van der Waals surface area contributed by atoms with Crippen LogP contribution in [0.25, 0.3) is 0 Å². The molecule has 0 fully saturated rings. The van der Waals surface area contributed by atoms with E-state index in [2.05, 4.69) is 0 Å². The molecule has 0 unspecified atom stereocenters. The number of aliphatic carboxylic acids is 1. The first-order chi connectivity index (χ1) is 8.02. The number of primary amides is 1. The average Bonchev–Trinajstić information content (AvgIpc) is 2.29. The molecule has 0 heterocycles. The van der Waals surface area contributed by atoms with Gasteiger partial charge in [0.25, 0.3) is 0 Å². The molecule has 0 aromatic heterocycles. The molecule has 0 spiro atoms. The number of carbonyl (C=O) groups excluding carboxylic acids is 1. The van der Waals surface area contributed by atoms with Crippen LogP contribution in [-0.2, 0) is 4.79 Å². The molecule has 0 radical (unpaired) electrons. The molecule has 5 nitrogen and oxygen atoms in total. The van der Waals surface area contributed by atoms with Crippen molar-refractivity contribution in [2.24, 2.45) is 11.5 Å². The normalized spacial score (nSPS) is 12.1. The van der Waals surface area contributed by atoms with Gasteiger partial charge in [-0.25, -0.2) is 0 Å². The molecule has 1 amide bonds. The van der Waals surface area contributed by atoms with Crippen molar-refractivity contribution in [3.05, 3.63) is 29.8 Å². The Kier molecular flexibility index (Phi) is 5.50.